The molecule has 0 unspecified atom stereocenters. The molecule has 2 amide bonds. The number of carboxylic acid groups (broad SMARTS) is 1. The lowest BCUT2D eigenvalue weighted by Crippen LogP contribution is -2.49. The predicted octanol–water partition coefficient (Wildman–Crippen LogP) is 0.399. The SMILES string of the molecule is O=C(O)[C@@H](CO)NC(=O)N(Cc1ccco1)C1CC1. The Labute approximate surface area is 109 Å². The molecule has 2 rings (SSSR count). The predicted molar refractivity (Wildman–Crippen MR) is 64.3 cm³/mol. The summed E-state index contributed by atoms with van der Waals surface area (Å²) >= 11 is 0. The Bertz CT molecular complexity index is 441. The summed E-state index contributed by atoms with van der Waals surface area (Å²) in [5.74, 6) is -0.623. The molecule has 1 aliphatic rings. The van der Waals surface area contributed by atoms with Gasteiger partial charge in [0.05, 0.1) is 19.4 Å². The van der Waals surface area contributed by atoms with Crippen LogP contribution in [0.25, 0.3) is 0 Å². The second-order valence-corrected chi connectivity index (χ2v) is 4.46. The molecule has 0 aromatic carbocycles. The number of hydrogen-bond donors (Lipinski definition) is 3. The zero-order valence-electron chi connectivity index (χ0n) is 10.3. The number of nitrogens with zero attached hydrogens (tertiary/aromatic N) is 1. The maximum absolute atomic E-state index is 12.0. The number of urea groups is 1. The molecule has 1 fully saturated rings. The van der Waals surface area contributed by atoms with E-state index in [1.54, 1.807) is 12.1 Å². The zero-order valence-corrected chi connectivity index (χ0v) is 10.3. The lowest BCUT2D eigenvalue weighted by Gasteiger charge is -2.23. The summed E-state index contributed by atoms with van der Waals surface area (Å²) in [6.07, 6.45) is 3.31. The Morgan fingerprint density at radius 3 is 2.74 bits per heavy atom. The minimum atomic E-state index is -1.29. The summed E-state index contributed by atoms with van der Waals surface area (Å²) in [6, 6.07) is 1.80. The Kier molecular flexibility index (Phi) is 4.06. The number of carboxylic acids is 1. The standard InChI is InChI=1S/C12H16N2O5/c15-7-10(11(16)17)13-12(18)14(8-3-4-8)6-9-2-1-5-19-9/h1-2,5,8,10,15H,3-4,6-7H2,(H,13,18)(H,16,17)/t10-/m1/s1. The minimum Gasteiger partial charge on any atom is -0.480 e. The van der Waals surface area contributed by atoms with E-state index in [1.165, 1.54) is 11.2 Å². The lowest BCUT2D eigenvalue weighted by molar-refractivity contribution is -0.140. The van der Waals surface area contributed by atoms with Crippen LogP contribution < -0.4 is 5.32 Å². The number of aliphatic carboxylic acids is 1. The van der Waals surface area contributed by atoms with Crippen LogP contribution in [0.4, 0.5) is 4.79 Å². The maximum atomic E-state index is 12.0. The Balaban J connectivity index is 1.98. The molecule has 0 radical (unpaired) electrons. The summed E-state index contributed by atoms with van der Waals surface area (Å²) < 4.78 is 5.18. The molecule has 7 heteroatoms. The Hall–Kier alpha value is -2.02. The minimum absolute atomic E-state index is 0.109. The van der Waals surface area contributed by atoms with Crippen molar-refractivity contribution in [1.29, 1.82) is 0 Å². The lowest BCUT2D eigenvalue weighted by atomic mass is 10.3. The molecular formula is C12H16N2O5. The first-order chi connectivity index (χ1) is 9.11. The summed E-state index contributed by atoms with van der Waals surface area (Å²) in [5.41, 5.74) is 0. The quantitative estimate of drug-likeness (QED) is 0.693. The number of furan rings is 1. The van der Waals surface area contributed by atoms with E-state index < -0.39 is 24.6 Å². The summed E-state index contributed by atoms with van der Waals surface area (Å²) in [7, 11) is 0. The van der Waals surface area contributed by atoms with Crippen molar-refractivity contribution in [3.8, 4) is 0 Å². The number of hydrogen-bond acceptors (Lipinski definition) is 4. The molecule has 0 spiro atoms. The highest BCUT2D eigenvalue weighted by Crippen LogP contribution is 2.28. The Morgan fingerprint density at radius 2 is 2.26 bits per heavy atom. The van der Waals surface area contributed by atoms with Gasteiger partial charge in [0, 0.05) is 6.04 Å². The van der Waals surface area contributed by atoms with E-state index in [-0.39, 0.29) is 6.04 Å². The van der Waals surface area contributed by atoms with Gasteiger partial charge in [0.2, 0.25) is 0 Å². The van der Waals surface area contributed by atoms with Crippen molar-refractivity contribution in [2.24, 2.45) is 0 Å². The molecule has 104 valence electrons. The van der Waals surface area contributed by atoms with Gasteiger partial charge in [0.25, 0.3) is 0 Å². The molecule has 0 bridgehead atoms. The molecule has 19 heavy (non-hydrogen) atoms. The fourth-order valence-electron chi connectivity index (χ4n) is 1.74. The molecular weight excluding hydrogens is 252 g/mol. The number of carbonyl (C=O) groups excluding carboxylic acids is 1. The molecule has 3 N–H and O–H groups in total. The van der Waals surface area contributed by atoms with Crippen LogP contribution in [-0.4, -0.2) is 45.8 Å². The molecule has 1 aliphatic carbocycles. The van der Waals surface area contributed by atoms with Crippen molar-refractivity contribution in [2.45, 2.75) is 31.5 Å². The molecule has 1 heterocycles. The van der Waals surface area contributed by atoms with Gasteiger partial charge in [0.1, 0.15) is 5.76 Å². The van der Waals surface area contributed by atoms with E-state index in [2.05, 4.69) is 5.32 Å². The molecule has 1 atom stereocenters. The highest BCUT2D eigenvalue weighted by molar-refractivity contribution is 5.83. The van der Waals surface area contributed by atoms with E-state index in [0.717, 1.165) is 12.8 Å². The monoisotopic (exact) mass is 268 g/mol. The number of rotatable bonds is 6. The van der Waals surface area contributed by atoms with Gasteiger partial charge >= 0.3 is 12.0 Å². The van der Waals surface area contributed by atoms with Crippen molar-refractivity contribution in [2.75, 3.05) is 6.61 Å². The van der Waals surface area contributed by atoms with Crippen LogP contribution in [0.1, 0.15) is 18.6 Å². The first kappa shape index (κ1) is 13.4. The van der Waals surface area contributed by atoms with Crippen LogP contribution in [0, 0.1) is 0 Å². The summed E-state index contributed by atoms with van der Waals surface area (Å²) in [4.78, 5) is 24.3. The largest absolute Gasteiger partial charge is 0.480 e. The van der Waals surface area contributed by atoms with Crippen molar-refractivity contribution in [1.82, 2.24) is 10.2 Å². The van der Waals surface area contributed by atoms with Gasteiger partial charge in [-0.3, -0.25) is 0 Å². The van der Waals surface area contributed by atoms with Gasteiger partial charge in [-0.2, -0.15) is 0 Å². The molecule has 0 aliphatic heterocycles. The van der Waals surface area contributed by atoms with Crippen LogP contribution in [0.5, 0.6) is 0 Å². The second-order valence-electron chi connectivity index (χ2n) is 4.46. The molecule has 1 aromatic heterocycles. The van der Waals surface area contributed by atoms with E-state index in [4.69, 9.17) is 14.6 Å². The average Bonchev–Trinajstić information content (AvgIpc) is 3.09. The normalized spacial score (nSPS) is 15.8. The second kappa shape index (κ2) is 5.75. The van der Waals surface area contributed by atoms with E-state index in [0.29, 0.717) is 12.3 Å². The van der Waals surface area contributed by atoms with Gasteiger partial charge in [-0.05, 0) is 25.0 Å². The van der Waals surface area contributed by atoms with Gasteiger partial charge in [-0.25, -0.2) is 9.59 Å². The number of aliphatic hydroxyl groups is 1. The smallest absolute Gasteiger partial charge is 0.328 e. The average molecular weight is 268 g/mol. The van der Waals surface area contributed by atoms with Crippen LogP contribution in [0.15, 0.2) is 22.8 Å². The zero-order chi connectivity index (χ0) is 13.8. The Morgan fingerprint density at radius 1 is 1.53 bits per heavy atom. The first-order valence-corrected chi connectivity index (χ1v) is 6.05. The van der Waals surface area contributed by atoms with Crippen LogP contribution in [0.3, 0.4) is 0 Å². The molecule has 7 nitrogen and oxygen atoms in total. The molecule has 0 saturated heterocycles. The number of nitrogens with one attached hydrogen (secondary N) is 1. The molecule has 1 saturated carbocycles. The van der Waals surface area contributed by atoms with E-state index in [9.17, 15) is 9.59 Å². The summed E-state index contributed by atoms with van der Waals surface area (Å²) in [6.45, 7) is -0.346. The maximum Gasteiger partial charge on any atom is 0.328 e. The highest BCUT2D eigenvalue weighted by Gasteiger charge is 2.34. The summed E-state index contributed by atoms with van der Waals surface area (Å²) in [5, 5.41) is 20.0. The van der Waals surface area contributed by atoms with Gasteiger partial charge < -0.3 is 24.8 Å². The van der Waals surface area contributed by atoms with Crippen molar-refractivity contribution >= 4 is 12.0 Å². The first-order valence-electron chi connectivity index (χ1n) is 6.05. The van der Waals surface area contributed by atoms with E-state index >= 15 is 0 Å². The third kappa shape index (κ3) is 3.47. The van der Waals surface area contributed by atoms with Crippen LogP contribution in [0.2, 0.25) is 0 Å². The van der Waals surface area contributed by atoms with Crippen molar-refractivity contribution in [3.63, 3.8) is 0 Å². The highest BCUT2D eigenvalue weighted by atomic mass is 16.4. The van der Waals surface area contributed by atoms with Crippen molar-refractivity contribution in [3.05, 3.63) is 24.2 Å². The third-order valence-corrected chi connectivity index (χ3v) is 2.93. The fourth-order valence-corrected chi connectivity index (χ4v) is 1.74. The van der Waals surface area contributed by atoms with Crippen LogP contribution in [-0.2, 0) is 11.3 Å². The fraction of sp³-hybridized carbons (Fsp3) is 0.500. The number of amides is 2. The third-order valence-electron chi connectivity index (χ3n) is 2.93. The van der Waals surface area contributed by atoms with E-state index in [1.807, 2.05) is 0 Å². The van der Waals surface area contributed by atoms with Crippen molar-refractivity contribution < 1.29 is 24.2 Å². The van der Waals surface area contributed by atoms with Gasteiger partial charge in [-0.15, -0.1) is 0 Å². The number of aliphatic hydroxyl groups excluding tert-OH is 1. The van der Waals surface area contributed by atoms with Gasteiger partial charge in [0.15, 0.2) is 6.04 Å². The van der Waals surface area contributed by atoms with Crippen LogP contribution >= 0.6 is 0 Å². The molecule has 1 aromatic rings. The number of carbonyl (C=O) groups is 2. The topological polar surface area (TPSA) is 103 Å². The van der Waals surface area contributed by atoms with Gasteiger partial charge in [-0.1, -0.05) is 0 Å².